The van der Waals surface area contributed by atoms with Crippen LogP contribution in [0.3, 0.4) is 0 Å². The van der Waals surface area contributed by atoms with Gasteiger partial charge in [0.25, 0.3) is 0 Å². The van der Waals surface area contributed by atoms with Crippen LogP contribution in [0.15, 0.2) is 0 Å². The zero-order valence-corrected chi connectivity index (χ0v) is 10.1. The third-order valence-corrected chi connectivity index (χ3v) is 1.66. The zero-order chi connectivity index (χ0) is 10.5. The molecule has 0 aromatic heterocycles. The van der Waals surface area contributed by atoms with Gasteiger partial charge in [0.1, 0.15) is 0 Å². The van der Waals surface area contributed by atoms with Crippen LogP contribution in [-0.4, -0.2) is 24.2 Å². The van der Waals surface area contributed by atoms with E-state index in [0.717, 1.165) is 13.1 Å². The van der Waals surface area contributed by atoms with Crippen LogP contribution < -0.4 is 10.6 Å². The predicted octanol–water partition coefficient (Wildman–Crippen LogP) is 2.15. The van der Waals surface area contributed by atoms with Crippen LogP contribution in [0.5, 0.6) is 0 Å². The monoisotopic (exact) mass is 186 g/mol. The van der Waals surface area contributed by atoms with Gasteiger partial charge in [-0.15, -0.1) is 0 Å². The minimum Gasteiger partial charge on any atom is -0.312 e. The lowest BCUT2D eigenvalue weighted by molar-refractivity contribution is 0.389. The number of hydrogen-bond donors (Lipinski definition) is 2. The van der Waals surface area contributed by atoms with Gasteiger partial charge >= 0.3 is 0 Å². The highest BCUT2D eigenvalue weighted by Crippen LogP contribution is 1.99. The molecule has 0 spiro atoms. The summed E-state index contributed by atoms with van der Waals surface area (Å²) in [5, 5.41) is 6.94. The maximum atomic E-state index is 3.47. The van der Waals surface area contributed by atoms with E-state index in [9.17, 15) is 0 Å². The van der Waals surface area contributed by atoms with E-state index in [2.05, 4.69) is 52.2 Å². The van der Waals surface area contributed by atoms with Gasteiger partial charge in [0.15, 0.2) is 0 Å². The highest BCUT2D eigenvalue weighted by atomic mass is 15.0. The van der Waals surface area contributed by atoms with Crippen LogP contribution in [0, 0.1) is 0 Å². The van der Waals surface area contributed by atoms with Crippen molar-refractivity contribution in [1.82, 2.24) is 10.6 Å². The van der Waals surface area contributed by atoms with Crippen molar-refractivity contribution in [3.63, 3.8) is 0 Å². The second-order valence-electron chi connectivity index (χ2n) is 5.71. The molecule has 0 heterocycles. The van der Waals surface area contributed by atoms with E-state index in [4.69, 9.17) is 0 Å². The summed E-state index contributed by atoms with van der Waals surface area (Å²) in [4.78, 5) is 0. The Kier molecular flexibility index (Phi) is 4.93. The van der Waals surface area contributed by atoms with Crippen molar-refractivity contribution in [1.29, 1.82) is 0 Å². The zero-order valence-electron chi connectivity index (χ0n) is 10.1. The van der Waals surface area contributed by atoms with E-state index < -0.39 is 0 Å². The molecule has 0 aliphatic rings. The van der Waals surface area contributed by atoms with Crippen molar-refractivity contribution in [2.75, 3.05) is 13.1 Å². The van der Waals surface area contributed by atoms with Gasteiger partial charge in [-0.1, -0.05) is 0 Å². The maximum absolute atomic E-state index is 3.47. The second-order valence-corrected chi connectivity index (χ2v) is 5.71. The summed E-state index contributed by atoms with van der Waals surface area (Å²) in [6, 6.07) is 0. The first kappa shape index (κ1) is 12.9. The van der Waals surface area contributed by atoms with Crippen molar-refractivity contribution in [3.05, 3.63) is 0 Å². The Morgan fingerprint density at radius 3 is 1.23 bits per heavy atom. The Hall–Kier alpha value is -0.0800. The number of nitrogens with one attached hydrogen (secondary N) is 2. The fraction of sp³-hybridized carbons (Fsp3) is 1.00. The standard InChI is InChI=1S/C11H26N2/c1-10(2,3)12-8-7-9-13-11(4,5)6/h12-13H,7-9H2,1-6H3. The molecule has 0 rings (SSSR count). The van der Waals surface area contributed by atoms with E-state index in [0.29, 0.717) is 0 Å². The van der Waals surface area contributed by atoms with Crippen molar-refractivity contribution in [2.24, 2.45) is 0 Å². The van der Waals surface area contributed by atoms with E-state index in [-0.39, 0.29) is 11.1 Å². The van der Waals surface area contributed by atoms with Crippen LogP contribution in [-0.2, 0) is 0 Å². The molecule has 2 N–H and O–H groups in total. The molecule has 0 atom stereocenters. The maximum Gasteiger partial charge on any atom is 0.00965 e. The summed E-state index contributed by atoms with van der Waals surface area (Å²) in [5.41, 5.74) is 0.503. The quantitative estimate of drug-likeness (QED) is 0.657. The van der Waals surface area contributed by atoms with Gasteiger partial charge in [-0.25, -0.2) is 0 Å². The van der Waals surface area contributed by atoms with E-state index >= 15 is 0 Å². The highest BCUT2D eigenvalue weighted by Gasteiger charge is 2.09. The van der Waals surface area contributed by atoms with E-state index in [1.807, 2.05) is 0 Å². The first-order valence-corrected chi connectivity index (χ1v) is 5.21. The molecule has 0 saturated carbocycles. The molecule has 0 aliphatic heterocycles. The minimum absolute atomic E-state index is 0.252. The summed E-state index contributed by atoms with van der Waals surface area (Å²) in [7, 11) is 0. The van der Waals surface area contributed by atoms with Crippen LogP contribution in [0.25, 0.3) is 0 Å². The topological polar surface area (TPSA) is 24.1 Å². The lowest BCUT2D eigenvalue weighted by Gasteiger charge is -2.23. The summed E-state index contributed by atoms with van der Waals surface area (Å²) in [5.74, 6) is 0. The molecule has 0 amide bonds. The van der Waals surface area contributed by atoms with Crippen LogP contribution >= 0.6 is 0 Å². The van der Waals surface area contributed by atoms with E-state index in [1.54, 1.807) is 0 Å². The molecule has 0 aromatic rings. The molecule has 0 bridgehead atoms. The van der Waals surface area contributed by atoms with Crippen molar-refractivity contribution in [3.8, 4) is 0 Å². The van der Waals surface area contributed by atoms with Crippen LogP contribution in [0.1, 0.15) is 48.0 Å². The predicted molar refractivity (Wildman–Crippen MR) is 60.1 cm³/mol. The Morgan fingerprint density at radius 2 is 1.00 bits per heavy atom. The van der Waals surface area contributed by atoms with Gasteiger partial charge in [0.2, 0.25) is 0 Å². The first-order valence-electron chi connectivity index (χ1n) is 5.21. The Bertz CT molecular complexity index is 112. The lowest BCUT2D eigenvalue weighted by Crippen LogP contribution is -2.40. The van der Waals surface area contributed by atoms with Crippen molar-refractivity contribution < 1.29 is 0 Å². The molecule has 2 heteroatoms. The van der Waals surface area contributed by atoms with Crippen molar-refractivity contribution >= 4 is 0 Å². The van der Waals surface area contributed by atoms with Gasteiger partial charge in [-0.2, -0.15) is 0 Å². The third-order valence-electron chi connectivity index (χ3n) is 1.66. The normalized spacial score (nSPS) is 13.4. The summed E-state index contributed by atoms with van der Waals surface area (Å²) >= 11 is 0. The van der Waals surface area contributed by atoms with Gasteiger partial charge in [0, 0.05) is 11.1 Å². The van der Waals surface area contributed by atoms with Gasteiger partial charge in [-0.05, 0) is 61.1 Å². The van der Waals surface area contributed by atoms with Crippen LogP contribution in [0.2, 0.25) is 0 Å². The van der Waals surface area contributed by atoms with Gasteiger partial charge in [0.05, 0.1) is 0 Å². The minimum atomic E-state index is 0.252. The smallest absolute Gasteiger partial charge is 0.00965 e. The summed E-state index contributed by atoms with van der Waals surface area (Å²) in [6.07, 6.45) is 1.19. The SMILES string of the molecule is CC(C)(C)NCCCNC(C)(C)C. The Balaban J connectivity index is 3.28. The molecular formula is C11H26N2. The number of hydrogen-bond acceptors (Lipinski definition) is 2. The fourth-order valence-electron chi connectivity index (χ4n) is 1.02. The van der Waals surface area contributed by atoms with Crippen LogP contribution in [0.4, 0.5) is 0 Å². The molecule has 80 valence electrons. The molecule has 0 radical (unpaired) electrons. The average molecular weight is 186 g/mol. The Morgan fingerprint density at radius 1 is 0.692 bits per heavy atom. The molecule has 0 unspecified atom stereocenters. The van der Waals surface area contributed by atoms with Gasteiger partial charge < -0.3 is 10.6 Å². The summed E-state index contributed by atoms with van der Waals surface area (Å²) in [6.45, 7) is 15.4. The Labute approximate surface area is 83.5 Å². The molecule has 13 heavy (non-hydrogen) atoms. The summed E-state index contributed by atoms with van der Waals surface area (Å²) < 4.78 is 0. The van der Waals surface area contributed by atoms with E-state index in [1.165, 1.54) is 6.42 Å². The highest BCUT2D eigenvalue weighted by molar-refractivity contribution is 4.72. The third kappa shape index (κ3) is 11.9. The number of rotatable bonds is 4. The molecule has 2 nitrogen and oxygen atoms in total. The molecule has 0 fully saturated rings. The average Bonchev–Trinajstić information content (AvgIpc) is 1.81. The molecule has 0 aromatic carbocycles. The largest absolute Gasteiger partial charge is 0.312 e. The lowest BCUT2D eigenvalue weighted by atomic mass is 10.1. The fourth-order valence-corrected chi connectivity index (χ4v) is 1.02. The van der Waals surface area contributed by atoms with Gasteiger partial charge in [-0.3, -0.25) is 0 Å². The second kappa shape index (κ2) is 4.97. The first-order chi connectivity index (χ1) is 5.71. The van der Waals surface area contributed by atoms with Crippen molar-refractivity contribution in [2.45, 2.75) is 59.0 Å². The molecule has 0 saturated heterocycles. The molecule has 0 aliphatic carbocycles. The molecular weight excluding hydrogens is 160 g/mol.